The molecule has 0 aliphatic heterocycles. The minimum absolute atomic E-state index is 0.0574. The Hall–Kier alpha value is -0.730. The van der Waals surface area contributed by atoms with E-state index in [1.165, 1.54) is 16.7 Å². The summed E-state index contributed by atoms with van der Waals surface area (Å²) in [4.78, 5) is 0. The molecule has 23 heavy (non-hydrogen) atoms. The van der Waals surface area contributed by atoms with Crippen molar-refractivity contribution in [2.45, 2.75) is 65.7 Å². The monoisotopic (exact) mass is 340 g/mol. The van der Waals surface area contributed by atoms with Gasteiger partial charge in [-0.3, -0.25) is 0 Å². The molecule has 0 aromatic heterocycles. The van der Waals surface area contributed by atoms with Crippen LogP contribution in [0.4, 0.5) is 0 Å². The molecule has 0 radical (unpaired) electrons. The fourth-order valence-electron chi connectivity index (χ4n) is 2.81. The maximum Gasteiger partial charge on any atom is 0.119 e. The Bertz CT molecular complexity index is 460. The number of rotatable bonds is 7. The van der Waals surface area contributed by atoms with Crippen LogP contribution in [0.3, 0.4) is 0 Å². The van der Waals surface area contributed by atoms with Crippen LogP contribution >= 0.6 is 11.6 Å². The number of benzene rings is 1. The molecule has 0 amide bonds. The minimum Gasteiger partial charge on any atom is -0.492 e. The average molecular weight is 341 g/mol. The smallest absolute Gasteiger partial charge is 0.119 e. The first kappa shape index (κ1) is 20.3. The van der Waals surface area contributed by atoms with Crippen molar-refractivity contribution >= 4 is 11.6 Å². The molecule has 3 heteroatoms. The van der Waals surface area contributed by atoms with Crippen LogP contribution in [-0.4, -0.2) is 25.7 Å². The third kappa shape index (κ3) is 6.00. The van der Waals surface area contributed by atoms with Crippen molar-refractivity contribution in [3.8, 4) is 5.75 Å². The topological polar surface area (TPSA) is 18.5 Å². The molecule has 1 aromatic carbocycles. The van der Waals surface area contributed by atoms with E-state index in [2.05, 4.69) is 53.7 Å². The lowest BCUT2D eigenvalue weighted by Gasteiger charge is -2.31. The normalized spacial score (nSPS) is 12.5. The summed E-state index contributed by atoms with van der Waals surface area (Å²) in [5, 5.41) is 0. The number of hydrogen-bond donors (Lipinski definition) is 0. The molecule has 0 atom stereocenters. The van der Waals surface area contributed by atoms with Gasteiger partial charge in [-0.25, -0.2) is 0 Å². The Morgan fingerprint density at radius 2 is 1.43 bits per heavy atom. The van der Waals surface area contributed by atoms with Crippen molar-refractivity contribution < 1.29 is 9.47 Å². The van der Waals surface area contributed by atoms with Crippen LogP contribution in [0.1, 0.15) is 65.2 Å². The molecule has 0 bridgehead atoms. The highest BCUT2D eigenvalue weighted by molar-refractivity contribution is 6.18. The van der Waals surface area contributed by atoms with E-state index >= 15 is 0 Å². The highest BCUT2D eigenvalue weighted by Gasteiger charge is 2.26. The molecule has 0 unspecified atom stereocenters. The molecule has 0 N–H and O–H groups in total. The van der Waals surface area contributed by atoms with Gasteiger partial charge in [0.2, 0.25) is 0 Å². The number of hydrogen-bond acceptors (Lipinski definition) is 2. The van der Waals surface area contributed by atoms with Crippen molar-refractivity contribution in [1.29, 1.82) is 0 Å². The van der Waals surface area contributed by atoms with Crippen LogP contribution in [0.25, 0.3) is 0 Å². The second-order valence-corrected chi connectivity index (χ2v) is 8.36. The lowest BCUT2D eigenvalue weighted by Crippen LogP contribution is -2.22. The van der Waals surface area contributed by atoms with Crippen molar-refractivity contribution in [3.05, 3.63) is 28.8 Å². The quantitative estimate of drug-likeness (QED) is 0.483. The van der Waals surface area contributed by atoms with E-state index in [9.17, 15) is 0 Å². The number of halogens is 1. The summed E-state index contributed by atoms with van der Waals surface area (Å²) in [6.07, 6.45) is 0.933. The molecule has 1 rings (SSSR count). The van der Waals surface area contributed by atoms with E-state index in [-0.39, 0.29) is 10.8 Å². The first-order valence-corrected chi connectivity index (χ1v) is 9.09. The SMILES string of the molecule is CCOCCc1c(C(C)(C)C)cc(OCCCl)cc1C(C)(C)C. The zero-order valence-electron chi connectivity index (χ0n) is 15.9. The second-order valence-electron chi connectivity index (χ2n) is 7.98. The maximum atomic E-state index is 5.84. The third-order valence-corrected chi connectivity index (χ3v) is 4.04. The van der Waals surface area contributed by atoms with Gasteiger partial charge in [0.25, 0.3) is 0 Å². The van der Waals surface area contributed by atoms with Crippen molar-refractivity contribution in [1.82, 2.24) is 0 Å². The van der Waals surface area contributed by atoms with E-state index in [4.69, 9.17) is 21.1 Å². The molecule has 0 spiro atoms. The molecular weight excluding hydrogens is 308 g/mol. The fraction of sp³-hybridized carbons (Fsp3) is 0.700. The molecular formula is C20H33ClO2. The van der Waals surface area contributed by atoms with Gasteiger partial charge in [-0.15, -0.1) is 11.6 Å². The summed E-state index contributed by atoms with van der Waals surface area (Å²) in [6.45, 7) is 17.6. The molecule has 0 fully saturated rings. The highest BCUT2D eigenvalue weighted by Crippen LogP contribution is 2.37. The zero-order chi connectivity index (χ0) is 17.7. The van der Waals surface area contributed by atoms with Crippen molar-refractivity contribution in [3.63, 3.8) is 0 Å². The Labute approximate surface area is 147 Å². The van der Waals surface area contributed by atoms with Crippen LogP contribution in [0.2, 0.25) is 0 Å². The largest absolute Gasteiger partial charge is 0.492 e. The van der Waals surface area contributed by atoms with Crippen molar-refractivity contribution in [2.24, 2.45) is 0 Å². The van der Waals surface area contributed by atoms with E-state index in [0.717, 1.165) is 25.4 Å². The van der Waals surface area contributed by atoms with Gasteiger partial charge in [0.15, 0.2) is 0 Å². The fourth-order valence-corrected chi connectivity index (χ4v) is 2.89. The van der Waals surface area contributed by atoms with Crippen LogP contribution < -0.4 is 4.74 Å². The van der Waals surface area contributed by atoms with Gasteiger partial charge in [0.05, 0.1) is 12.5 Å². The maximum absolute atomic E-state index is 5.84. The van der Waals surface area contributed by atoms with Gasteiger partial charge in [0.1, 0.15) is 12.4 Å². The lowest BCUT2D eigenvalue weighted by atomic mass is 9.75. The Kier molecular flexibility index (Phi) is 7.41. The molecule has 0 saturated carbocycles. The van der Waals surface area contributed by atoms with Gasteiger partial charge in [-0.2, -0.15) is 0 Å². The first-order chi connectivity index (χ1) is 10.6. The highest BCUT2D eigenvalue weighted by atomic mass is 35.5. The van der Waals surface area contributed by atoms with Gasteiger partial charge in [-0.05, 0) is 53.0 Å². The van der Waals surface area contributed by atoms with E-state index in [1.807, 2.05) is 6.92 Å². The third-order valence-electron chi connectivity index (χ3n) is 3.89. The summed E-state index contributed by atoms with van der Waals surface area (Å²) < 4.78 is 11.5. The van der Waals surface area contributed by atoms with Crippen LogP contribution in [0, 0.1) is 0 Å². The van der Waals surface area contributed by atoms with Gasteiger partial charge >= 0.3 is 0 Å². The van der Waals surface area contributed by atoms with E-state index in [0.29, 0.717) is 12.5 Å². The molecule has 0 saturated heterocycles. The van der Waals surface area contributed by atoms with Gasteiger partial charge in [-0.1, -0.05) is 41.5 Å². The predicted octanol–water partition coefficient (Wildman–Crippen LogP) is 5.48. The van der Waals surface area contributed by atoms with Crippen molar-refractivity contribution in [2.75, 3.05) is 25.7 Å². The minimum atomic E-state index is 0.0574. The molecule has 132 valence electrons. The average Bonchev–Trinajstić information content (AvgIpc) is 2.43. The number of ether oxygens (including phenoxy) is 2. The number of alkyl halides is 1. The lowest BCUT2D eigenvalue weighted by molar-refractivity contribution is 0.150. The summed E-state index contributed by atoms with van der Waals surface area (Å²) in [6, 6.07) is 4.37. The molecule has 1 aromatic rings. The molecule has 0 heterocycles. The summed E-state index contributed by atoms with van der Waals surface area (Å²) in [7, 11) is 0. The van der Waals surface area contributed by atoms with Crippen LogP contribution in [-0.2, 0) is 22.0 Å². The zero-order valence-corrected chi connectivity index (χ0v) is 16.6. The molecule has 0 aliphatic carbocycles. The summed E-state index contributed by atoms with van der Waals surface area (Å²) in [5.74, 6) is 1.42. The Morgan fingerprint density at radius 1 is 0.913 bits per heavy atom. The van der Waals surface area contributed by atoms with Crippen LogP contribution in [0.15, 0.2) is 12.1 Å². The predicted molar refractivity (Wildman–Crippen MR) is 100 cm³/mol. The Morgan fingerprint density at radius 3 is 1.83 bits per heavy atom. The first-order valence-electron chi connectivity index (χ1n) is 8.55. The Balaban J connectivity index is 3.41. The van der Waals surface area contributed by atoms with Crippen LogP contribution in [0.5, 0.6) is 5.75 Å². The van der Waals surface area contributed by atoms with Gasteiger partial charge < -0.3 is 9.47 Å². The molecule has 0 aliphatic rings. The summed E-state index contributed by atoms with van der Waals surface area (Å²) >= 11 is 5.79. The standard InChI is InChI=1S/C20H33ClO2/c1-8-22-11-9-16-17(19(2,3)4)13-15(23-12-10-21)14-18(16)20(5,6)7/h13-14H,8-12H2,1-7H3. The second kappa shape index (κ2) is 8.39. The molecule has 2 nitrogen and oxygen atoms in total. The van der Waals surface area contributed by atoms with E-state index in [1.54, 1.807) is 0 Å². The summed E-state index contributed by atoms with van der Waals surface area (Å²) in [5.41, 5.74) is 4.20. The van der Waals surface area contributed by atoms with E-state index < -0.39 is 0 Å². The van der Waals surface area contributed by atoms with Gasteiger partial charge in [0, 0.05) is 6.61 Å².